The van der Waals surface area contributed by atoms with E-state index < -0.39 is 0 Å². The largest absolute Gasteiger partial charge is 0.216 e. The predicted octanol–water partition coefficient (Wildman–Crippen LogP) is 5.40. The Hall–Kier alpha value is -2.67. The van der Waals surface area contributed by atoms with Crippen LogP contribution in [0.1, 0.15) is 5.56 Å². The number of halogens is 3. The van der Waals surface area contributed by atoms with Crippen LogP contribution in [0, 0.1) is 6.92 Å². The molecule has 0 saturated heterocycles. The van der Waals surface area contributed by atoms with E-state index in [1.807, 2.05) is 31.2 Å². The Balaban J connectivity index is 1.71. The molecule has 0 bridgehead atoms. The van der Waals surface area contributed by atoms with Gasteiger partial charge in [0.15, 0.2) is 17.1 Å². The van der Waals surface area contributed by atoms with Gasteiger partial charge in [0, 0.05) is 10.6 Å². The minimum absolute atomic E-state index is 0.450. The van der Waals surface area contributed by atoms with E-state index in [0.717, 1.165) is 22.2 Å². The van der Waals surface area contributed by atoms with Gasteiger partial charge in [-0.3, -0.25) is 0 Å². The maximum atomic E-state index is 6.17. The molecule has 0 unspecified atom stereocenters. The second-order valence-corrected chi connectivity index (χ2v) is 7.55. The van der Waals surface area contributed by atoms with Crippen molar-refractivity contribution in [3.05, 3.63) is 69.6 Å². The summed E-state index contributed by atoms with van der Waals surface area (Å²) in [5.74, 6) is 0.527. The fourth-order valence-corrected chi connectivity index (χ4v) is 3.53. The summed E-state index contributed by atoms with van der Waals surface area (Å²) >= 11 is 18.3. The number of rotatable bonds is 2. The smallest absolute Gasteiger partial charge is 0.182 e. The first kappa shape index (κ1) is 17.4. The van der Waals surface area contributed by atoms with E-state index >= 15 is 0 Å². The molecule has 3 aromatic heterocycles. The number of hydrogen-bond acceptors (Lipinski definition) is 4. The molecule has 28 heavy (non-hydrogen) atoms. The van der Waals surface area contributed by atoms with Crippen LogP contribution in [0.4, 0.5) is 0 Å². The van der Waals surface area contributed by atoms with Crippen LogP contribution in [0.5, 0.6) is 0 Å². The Morgan fingerprint density at radius 3 is 2.61 bits per heavy atom. The van der Waals surface area contributed by atoms with Crippen molar-refractivity contribution in [1.82, 2.24) is 29.4 Å². The van der Waals surface area contributed by atoms with E-state index in [1.165, 1.54) is 0 Å². The summed E-state index contributed by atoms with van der Waals surface area (Å²) in [5.41, 5.74) is 3.99. The molecule has 6 nitrogen and oxygen atoms in total. The number of benzene rings is 2. The molecular formula is C19H11Cl3N6. The van der Waals surface area contributed by atoms with Gasteiger partial charge in [0.1, 0.15) is 6.33 Å². The maximum absolute atomic E-state index is 6.17. The van der Waals surface area contributed by atoms with Crippen LogP contribution in [0.2, 0.25) is 15.1 Å². The van der Waals surface area contributed by atoms with Crippen LogP contribution in [0.25, 0.3) is 33.8 Å². The molecule has 0 fully saturated rings. The minimum atomic E-state index is 0.450. The van der Waals surface area contributed by atoms with E-state index in [-0.39, 0.29) is 0 Å². The first-order chi connectivity index (χ1) is 13.5. The number of aromatic nitrogens is 6. The van der Waals surface area contributed by atoms with Gasteiger partial charge < -0.3 is 0 Å². The highest BCUT2D eigenvalue weighted by molar-refractivity contribution is 6.42. The Kier molecular flexibility index (Phi) is 4.01. The van der Waals surface area contributed by atoms with Crippen LogP contribution in [0.3, 0.4) is 0 Å². The maximum Gasteiger partial charge on any atom is 0.182 e. The lowest BCUT2D eigenvalue weighted by atomic mass is 10.2. The van der Waals surface area contributed by atoms with Crippen molar-refractivity contribution >= 4 is 51.5 Å². The van der Waals surface area contributed by atoms with Crippen LogP contribution < -0.4 is 0 Å². The lowest BCUT2D eigenvalue weighted by Crippen LogP contribution is -2.01. The van der Waals surface area contributed by atoms with Crippen molar-refractivity contribution in [3.8, 4) is 17.1 Å². The third kappa shape index (κ3) is 2.73. The molecule has 0 aliphatic rings. The average Bonchev–Trinajstić information content (AvgIpc) is 3.29. The molecular weight excluding hydrogens is 419 g/mol. The summed E-state index contributed by atoms with van der Waals surface area (Å²) in [7, 11) is 0. The van der Waals surface area contributed by atoms with E-state index in [9.17, 15) is 0 Å². The molecule has 0 radical (unpaired) electrons. The Labute approximate surface area is 174 Å². The second-order valence-electron chi connectivity index (χ2n) is 6.30. The molecule has 0 amide bonds. The van der Waals surface area contributed by atoms with Crippen molar-refractivity contribution in [1.29, 1.82) is 0 Å². The van der Waals surface area contributed by atoms with Crippen molar-refractivity contribution in [2.24, 2.45) is 0 Å². The second kappa shape index (κ2) is 6.44. The highest BCUT2D eigenvalue weighted by atomic mass is 35.5. The molecule has 0 saturated carbocycles. The van der Waals surface area contributed by atoms with E-state index in [2.05, 4.69) is 20.2 Å². The van der Waals surface area contributed by atoms with Crippen molar-refractivity contribution in [2.45, 2.75) is 6.92 Å². The summed E-state index contributed by atoms with van der Waals surface area (Å²) in [6.45, 7) is 2.00. The molecule has 9 heteroatoms. The summed E-state index contributed by atoms with van der Waals surface area (Å²) in [6.07, 6.45) is 3.34. The first-order valence-corrected chi connectivity index (χ1v) is 9.46. The highest BCUT2D eigenvalue weighted by Gasteiger charge is 2.16. The fraction of sp³-hybridized carbons (Fsp3) is 0.0526. The zero-order valence-corrected chi connectivity index (χ0v) is 16.7. The predicted molar refractivity (Wildman–Crippen MR) is 111 cm³/mol. The van der Waals surface area contributed by atoms with Gasteiger partial charge in [-0.2, -0.15) is 5.10 Å². The molecule has 3 heterocycles. The fourth-order valence-electron chi connectivity index (χ4n) is 3.07. The standard InChI is InChI=1S/C19H11Cl3N6/c1-10-2-4-12(20)7-16(10)28-18-13(8-24-28)19-25-17(26-27(19)9-23-18)11-3-5-14(21)15(22)6-11/h2-9H,1H3. The van der Waals surface area contributed by atoms with E-state index in [0.29, 0.717) is 32.2 Å². The van der Waals surface area contributed by atoms with Crippen LogP contribution in [0.15, 0.2) is 48.9 Å². The topological polar surface area (TPSA) is 60.9 Å². The average molecular weight is 430 g/mol. The zero-order chi connectivity index (χ0) is 19.4. The summed E-state index contributed by atoms with van der Waals surface area (Å²) in [6, 6.07) is 10.9. The third-order valence-electron chi connectivity index (χ3n) is 4.48. The molecule has 2 aromatic carbocycles. The summed E-state index contributed by atoms with van der Waals surface area (Å²) < 4.78 is 3.38. The molecule has 0 atom stereocenters. The summed E-state index contributed by atoms with van der Waals surface area (Å²) in [4.78, 5) is 9.19. The monoisotopic (exact) mass is 428 g/mol. The number of aryl methyl sites for hydroxylation is 1. The Morgan fingerprint density at radius 2 is 1.79 bits per heavy atom. The van der Waals surface area contributed by atoms with Gasteiger partial charge in [-0.15, -0.1) is 5.10 Å². The molecule has 0 N–H and O–H groups in total. The zero-order valence-electron chi connectivity index (χ0n) is 14.4. The van der Waals surface area contributed by atoms with Crippen LogP contribution in [-0.2, 0) is 0 Å². The molecule has 138 valence electrons. The quantitative estimate of drug-likeness (QED) is 0.377. The Bertz CT molecular complexity index is 1370. The molecule has 5 aromatic rings. The van der Waals surface area contributed by atoms with Gasteiger partial charge in [-0.1, -0.05) is 40.9 Å². The minimum Gasteiger partial charge on any atom is -0.216 e. The van der Waals surface area contributed by atoms with Gasteiger partial charge in [0.25, 0.3) is 0 Å². The van der Waals surface area contributed by atoms with Gasteiger partial charge in [0.05, 0.1) is 27.3 Å². The lowest BCUT2D eigenvalue weighted by Gasteiger charge is -2.07. The van der Waals surface area contributed by atoms with E-state index in [1.54, 1.807) is 33.9 Å². The van der Waals surface area contributed by atoms with E-state index in [4.69, 9.17) is 34.8 Å². The van der Waals surface area contributed by atoms with Gasteiger partial charge in [0.2, 0.25) is 0 Å². The molecule has 0 aliphatic heterocycles. The molecule has 5 rings (SSSR count). The number of hydrogen-bond donors (Lipinski definition) is 0. The first-order valence-electron chi connectivity index (χ1n) is 8.32. The van der Waals surface area contributed by atoms with Crippen LogP contribution >= 0.6 is 34.8 Å². The number of nitrogens with zero attached hydrogens (tertiary/aromatic N) is 6. The SMILES string of the molecule is Cc1ccc(Cl)cc1-n1ncc2c1ncn1nc(-c3ccc(Cl)c(Cl)c3)nc21. The Morgan fingerprint density at radius 1 is 0.929 bits per heavy atom. The van der Waals surface area contributed by atoms with Crippen molar-refractivity contribution in [3.63, 3.8) is 0 Å². The molecule has 0 spiro atoms. The van der Waals surface area contributed by atoms with Crippen molar-refractivity contribution < 1.29 is 0 Å². The van der Waals surface area contributed by atoms with Gasteiger partial charge in [-0.25, -0.2) is 19.2 Å². The van der Waals surface area contributed by atoms with Gasteiger partial charge >= 0.3 is 0 Å². The van der Waals surface area contributed by atoms with Gasteiger partial charge in [-0.05, 0) is 42.8 Å². The number of fused-ring (bicyclic) bond motifs is 3. The van der Waals surface area contributed by atoms with Crippen molar-refractivity contribution in [2.75, 3.05) is 0 Å². The molecule has 0 aliphatic carbocycles. The summed E-state index contributed by atoms with van der Waals surface area (Å²) in [5, 5.41) is 11.3. The normalized spacial score (nSPS) is 11.6. The lowest BCUT2D eigenvalue weighted by molar-refractivity contribution is 0.876. The third-order valence-corrected chi connectivity index (χ3v) is 5.46. The highest BCUT2D eigenvalue weighted by Crippen LogP contribution is 2.29. The van der Waals surface area contributed by atoms with Crippen LogP contribution in [-0.4, -0.2) is 29.4 Å².